The van der Waals surface area contributed by atoms with E-state index in [0.29, 0.717) is 13.2 Å². The van der Waals surface area contributed by atoms with Crippen LogP contribution in [0.25, 0.3) is 0 Å². The zero-order valence-electron chi connectivity index (χ0n) is 12.3. The van der Waals surface area contributed by atoms with Crippen molar-refractivity contribution in [3.8, 4) is 0 Å². The number of anilines is 1. The van der Waals surface area contributed by atoms with Crippen LogP contribution >= 0.6 is 0 Å². The summed E-state index contributed by atoms with van der Waals surface area (Å²) in [6.45, 7) is 4.08. The van der Waals surface area contributed by atoms with Gasteiger partial charge < -0.3 is 15.0 Å². The van der Waals surface area contributed by atoms with Gasteiger partial charge >= 0.3 is 0 Å². The van der Waals surface area contributed by atoms with E-state index in [1.807, 2.05) is 6.07 Å². The second-order valence-electron chi connectivity index (χ2n) is 5.32. The molecule has 1 saturated heterocycles. The summed E-state index contributed by atoms with van der Waals surface area (Å²) < 4.78 is 19.3. The van der Waals surface area contributed by atoms with E-state index >= 15 is 0 Å². The van der Waals surface area contributed by atoms with E-state index in [4.69, 9.17) is 4.74 Å². The molecule has 112 valence electrons. The highest BCUT2D eigenvalue weighted by Gasteiger charge is 2.17. The molecule has 1 heterocycles. The minimum Gasteiger partial charge on any atom is -0.383 e. The normalized spacial score (nSPS) is 16.2. The van der Waals surface area contributed by atoms with Gasteiger partial charge in [0.15, 0.2) is 0 Å². The van der Waals surface area contributed by atoms with Crippen molar-refractivity contribution < 1.29 is 9.13 Å². The molecule has 1 N–H and O–H groups in total. The molecule has 0 atom stereocenters. The highest BCUT2D eigenvalue weighted by Crippen LogP contribution is 2.27. The van der Waals surface area contributed by atoms with Crippen LogP contribution in [0.2, 0.25) is 0 Å². The molecule has 3 nitrogen and oxygen atoms in total. The van der Waals surface area contributed by atoms with Crippen LogP contribution in [0.3, 0.4) is 0 Å². The monoisotopic (exact) mass is 280 g/mol. The minimum atomic E-state index is -0.0991. The lowest BCUT2D eigenvalue weighted by Gasteiger charge is -2.26. The van der Waals surface area contributed by atoms with Gasteiger partial charge in [0.1, 0.15) is 5.82 Å². The largest absolute Gasteiger partial charge is 0.383 e. The van der Waals surface area contributed by atoms with Crippen LogP contribution < -0.4 is 10.2 Å². The quantitative estimate of drug-likeness (QED) is 0.811. The van der Waals surface area contributed by atoms with E-state index in [2.05, 4.69) is 10.2 Å². The number of hydrogen-bond acceptors (Lipinski definition) is 3. The van der Waals surface area contributed by atoms with Crippen LogP contribution in [0, 0.1) is 5.82 Å². The third-order valence-corrected chi connectivity index (χ3v) is 3.79. The molecular weight excluding hydrogens is 255 g/mol. The van der Waals surface area contributed by atoms with Gasteiger partial charge in [-0.1, -0.05) is 25.0 Å². The maximum absolute atomic E-state index is 14.2. The lowest BCUT2D eigenvalue weighted by Crippen LogP contribution is -2.28. The first-order valence-electron chi connectivity index (χ1n) is 7.55. The Bertz CT molecular complexity index is 403. The molecule has 0 amide bonds. The Morgan fingerprint density at radius 1 is 1.20 bits per heavy atom. The van der Waals surface area contributed by atoms with Gasteiger partial charge in [-0.05, 0) is 24.5 Å². The number of hydrogen-bond donors (Lipinski definition) is 1. The zero-order chi connectivity index (χ0) is 14.2. The zero-order valence-corrected chi connectivity index (χ0v) is 12.3. The Morgan fingerprint density at radius 3 is 2.65 bits per heavy atom. The van der Waals surface area contributed by atoms with Gasteiger partial charge in [-0.15, -0.1) is 0 Å². The lowest BCUT2D eigenvalue weighted by atomic mass is 10.1. The first kappa shape index (κ1) is 15.3. The number of rotatable bonds is 6. The minimum absolute atomic E-state index is 0.0991. The van der Waals surface area contributed by atoms with Crippen molar-refractivity contribution >= 4 is 5.69 Å². The predicted molar refractivity (Wildman–Crippen MR) is 80.7 cm³/mol. The highest BCUT2D eigenvalue weighted by atomic mass is 19.1. The molecule has 2 rings (SSSR count). The molecule has 0 bridgehead atoms. The molecule has 0 radical (unpaired) electrons. The van der Waals surface area contributed by atoms with Crippen LogP contribution in [0.15, 0.2) is 18.2 Å². The molecule has 0 aliphatic carbocycles. The Hall–Kier alpha value is -1.13. The van der Waals surface area contributed by atoms with E-state index in [-0.39, 0.29) is 5.82 Å². The van der Waals surface area contributed by atoms with Crippen molar-refractivity contribution in [1.29, 1.82) is 0 Å². The van der Waals surface area contributed by atoms with Crippen molar-refractivity contribution in [2.45, 2.75) is 32.2 Å². The van der Waals surface area contributed by atoms with Gasteiger partial charge in [0.25, 0.3) is 0 Å². The van der Waals surface area contributed by atoms with Crippen LogP contribution in [0.5, 0.6) is 0 Å². The van der Waals surface area contributed by atoms with E-state index in [1.165, 1.54) is 12.8 Å². The smallest absolute Gasteiger partial charge is 0.146 e. The maximum Gasteiger partial charge on any atom is 0.146 e. The summed E-state index contributed by atoms with van der Waals surface area (Å²) in [6, 6.07) is 5.38. The molecule has 20 heavy (non-hydrogen) atoms. The molecule has 0 saturated carbocycles. The second-order valence-corrected chi connectivity index (χ2v) is 5.32. The van der Waals surface area contributed by atoms with Gasteiger partial charge in [-0.2, -0.15) is 0 Å². The fourth-order valence-corrected chi connectivity index (χ4v) is 2.75. The van der Waals surface area contributed by atoms with Crippen molar-refractivity contribution in [2.24, 2.45) is 0 Å². The number of benzene rings is 1. The summed E-state index contributed by atoms with van der Waals surface area (Å²) in [5.74, 6) is -0.0991. The summed E-state index contributed by atoms with van der Waals surface area (Å²) >= 11 is 0. The molecule has 0 spiro atoms. The molecule has 0 unspecified atom stereocenters. The highest BCUT2D eigenvalue weighted by molar-refractivity contribution is 5.55. The fourth-order valence-electron chi connectivity index (χ4n) is 2.75. The molecular formula is C16H25FN2O. The Labute approximate surface area is 121 Å². The molecule has 1 aliphatic rings. The number of halogens is 1. The maximum atomic E-state index is 14.2. The van der Waals surface area contributed by atoms with Crippen LogP contribution in [-0.4, -0.2) is 33.4 Å². The van der Waals surface area contributed by atoms with Crippen molar-refractivity contribution in [1.82, 2.24) is 5.32 Å². The van der Waals surface area contributed by atoms with E-state index < -0.39 is 0 Å². The predicted octanol–water partition coefficient (Wildman–Crippen LogP) is 2.94. The summed E-state index contributed by atoms with van der Waals surface area (Å²) in [4.78, 5) is 2.22. The summed E-state index contributed by atoms with van der Waals surface area (Å²) in [5.41, 5.74) is 1.84. The van der Waals surface area contributed by atoms with Gasteiger partial charge in [-0.25, -0.2) is 4.39 Å². The average molecular weight is 280 g/mol. The summed E-state index contributed by atoms with van der Waals surface area (Å²) in [5, 5.41) is 3.31. The molecule has 1 aliphatic heterocycles. The number of para-hydroxylation sites is 1. The second kappa shape index (κ2) is 8.22. The number of nitrogens with one attached hydrogen (secondary N) is 1. The SMILES string of the molecule is COCCNCc1cccc(F)c1N1CCCCCC1. The molecule has 4 heteroatoms. The average Bonchev–Trinajstić information content (AvgIpc) is 2.72. The fraction of sp³-hybridized carbons (Fsp3) is 0.625. The molecule has 1 fully saturated rings. The molecule has 1 aromatic carbocycles. The van der Waals surface area contributed by atoms with E-state index in [0.717, 1.165) is 43.7 Å². The molecule has 0 aromatic heterocycles. The van der Waals surface area contributed by atoms with Crippen LogP contribution in [0.1, 0.15) is 31.2 Å². The number of ether oxygens (including phenoxy) is 1. The van der Waals surface area contributed by atoms with Gasteiger partial charge in [0, 0.05) is 33.3 Å². The number of methoxy groups -OCH3 is 1. The molecule has 1 aromatic rings. The first-order valence-corrected chi connectivity index (χ1v) is 7.55. The van der Waals surface area contributed by atoms with Gasteiger partial charge in [-0.3, -0.25) is 0 Å². The van der Waals surface area contributed by atoms with Gasteiger partial charge in [0.05, 0.1) is 12.3 Å². The van der Waals surface area contributed by atoms with E-state index in [1.54, 1.807) is 19.2 Å². The first-order chi connectivity index (χ1) is 9.83. The Balaban J connectivity index is 2.08. The van der Waals surface area contributed by atoms with Gasteiger partial charge in [0.2, 0.25) is 0 Å². The Kier molecular flexibility index (Phi) is 6.27. The third kappa shape index (κ3) is 4.18. The van der Waals surface area contributed by atoms with Crippen LogP contribution in [-0.2, 0) is 11.3 Å². The Morgan fingerprint density at radius 2 is 1.95 bits per heavy atom. The lowest BCUT2D eigenvalue weighted by molar-refractivity contribution is 0.199. The van der Waals surface area contributed by atoms with Crippen molar-refractivity contribution in [3.05, 3.63) is 29.6 Å². The number of nitrogens with zero attached hydrogens (tertiary/aromatic N) is 1. The summed E-state index contributed by atoms with van der Waals surface area (Å²) in [7, 11) is 1.69. The topological polar surface area (TPSA) is 24.5 Å². The standard InChI is InChI=1S/C16H25FN2O/c1-20-12-9-18-13-14-7-6-8-15(17)16(14)19-10-4-2-3-5-11-19/h6-8,18H,2-5,9-13H2,1H3. The van der Waals surface area contributed by atoms with Crippen molar-refractivity contribution in [2.75, 3.05) is 38.3 Å². The van der Waals surface area contributed by atoms with Crippen LogP contribution in [0.4, 0.5) is 10.1 Å². The van der Waals surface area contributed by atoms with Crippen molar-refractivity contribution in [3.63, 3.8) is 0 Å². The third-order valence-electron chi connectivity index (χ3n) is 3.79. The summed E-state index contributed by atoms with van der Waals surface area (Å²) in [6.07, 6.45) is 4.83. The van der Waals surface area contributed by atoms with E-state index in [9.17, 15) is 4.39 Å².